The van der Waals surface area contributed by atoms with Gasteiger partial charge in [-0.3, -0.25) is 0 Å². The summed E-state index contributed by atoms with van der Waals surface area (Å²) in [5.74, 6) is 0. The van der Waals surface area contributed by atoms with Crippen LogP contribution in [-0.2, 0) is 4.74 Å². The van der Waals surface area contributed by atoms with Crippen LogP contribution in [-0.4, -0.2) is 47.3 Å². The molecule has 84 valence electrons. The summed E-state index contributed by atoms with van der Waals surface area (Å²) >= 11 is 0. The first-order valence-corrected chi connectivity index (χ1v) is 5.26. The first-order valence-electron chi connectivity index (χ1n) is 5.26. The maximum absolute atomic E-state index is 8.54. The number of rotatable bonds is 4. The fraction of sp³-hybridized carbons (Fsp3) is 0.700. The minimum atomic E-state index is -0.0323. The van der Waals surface area contributed by atoms with Gasteiger partial charge in [0.2, 0.25) is 0 Å². The van der Waals surface area contributed by atoms with E-state index in [4.69, 9.17) is 9.94 Å². The van der Waals surface area contributed by atoms with Crippen molar-refractivity contribution in [3.8, 4) is 0 Å². The molecule has 15 heavy (non-hydrogen) atoms. The predicted molar refractivity (Wildman–Crippen MR) is 56.4 cm³/mol. The van der Waals surface area contributed by atoms with Gasteiger partial charge < -0.3 is 19.7 Å². The van der Waals surface area contributed by atoms with Gasteiger partial charge in [-0.05, 0) is 19.3 Å². The van der Waals surface area contributed by atoms with E-state index in [1.165, 1.54) is 25.5 Å². The third kappa shape index (κ3) is 2.23. The molecule has 1 unspecified atom stereocenters. The molecule has 2 aliphatic rings. The van der Waals surface area contributed by atoms with Crippen molar-refractivity contribution in [3.05, 3.63) is 12.4 Å². The Bertz CT molecular complexity index is 263. The van der Waals surface area contributed by atoms with Gasteiger partial charge in [0.05, 0.1) is 12.3 Å². The zero-order valence-corrected chi connectivity index (χ0v) is 8.91. The van der Waals surface area contributed by atoms with Crippen LogP contribution in [0.2, 0.25) is 0 Å². The summed E-state index contributed by atoms with van der Waals surface area (Å²) in [7, 11) is 1.94. The van der Waals surface area contributed by atoms with E-state index >= 15 is 0 Å². The second kappa shape index (κ2) is 4.53. The Kier molecular flexibility index (Phi) is 3.11. The van der Waals surface area contributed by atoms with Crippen molar-refractivity contribution in [1.82, 2.24) is 9.80 Å². The number of nitrogens with zero attached hydrogens (tertiary/aromatic N) is 3. The molecule has 5 heteroatoms. The highest BCUT2D eigenvalue weighted by molar-refractivity contribution is 5.64. The molecule has 1 aliphatic heterocycles. The van der Waals surface area contributed by atoms with Gasteiger partial charge in [-0.1, -0.05) is 5.16 Å². The zero-order valence-electron chi connectivity index (χ0n) is 8.91. The molecular formula is C10H17N3O2. The number of hydrogen-bond donors (Lipinski definition) is 1. The van der Waals surface area contributed by atoms with Crippen molar-refractivity contribution in [2.75, 3.05) is 13.8 Å². The van der Waals surface area contributed by atoms with E-state index in [2.05, 4.69) is 5.16 Å². The Balaban J connectivity index is 1.81. The fourth-order valence-corrected chi connectivity index (χ4v) is 1.70. The molecule has 1 aliphatic carbocycles. The van der Waals surface area contributed by atoms with Crippen LogP contribution < -0.4 is 0 Å². The van der Waals surface area contributed by atoms with Crippen molar-refractivity contribution in [1.29, 1.82) is 0 Å². The van der Waals surface area contributed by atoms with E-state index in [1.54, 1.807) is 0 Å². The van der Waals surface area contributed by atoms with Crippen LogP contribution in [0.15, 0.2) is 17.6 Å². The SMILES string of the molecule is CN1C=CN(COC2CCC2)C1/C=N\O. The third-order valence-electron chi connectivity index (χ3n) is 2.96. The van der Waals surface area contributed by atoms with E-state index in [0.717, 1.165) is 0 Å². The van der Waals surface area contributed by atoms with Gasteiger partial charge in [0.25, 0.3) is 0 Å². The molecule has 1 fully saturated rings. The zero-order chi connectivity index (χ0) is 10.7. The van der Waals surface area contributed by atoms with Crippen LogP contribution in [0.25, 0.3) is 0 Å². The van der Waals surface area contributed by atoms with Crippen molar-refractivity contribution in [2.45, 2.75) is 31.5 Å². The molecule has 1 N–H and O–H groups in total. The van der Waals surface area contributed by atoms with E-state index < -0.39 is 0 Å². The minimum Gasteiger partial charge on any atom is -0.411 e. The summed E-state index contributed by atoms with van der Waals surface area (Å²) in [5.41, 5.74) is 0. The first kappa shape index (κ1) is 10.3. The molecule has 1 saturated carbocycles. The summed E-state index contributed by atoms with van der Waals surface area (Å²) in [6.45, 7) is 0.558. The van der Waals surface area contributed by atoms with E-state index in [1.807, 2.05) is 29.2 Å². The summed E-state index contributed by atoms with van der Waals surface area (Å²) in [5, 5.41) is 11.6. The number of oxime groups is 1. The molecule has 0 bridgehead atoms. The van der Waals surface area contributed by atoms with Crippen LogP contribution in [0, 0.1) is 0 Å². The van der Waals surface area contributed by atoms with E-state index in [0.29, 0.717) is 12.8 Å². The summed E-state index contributed by atoms with van der Waals surface area (Å²) in [6, 6.07) is 0. The number of hydrogen-bond acceptors (Lipinski definition) is 5. The molecule has 0 radical (unpaired) electrons. The van der Waals surface area contributed by atoms with Crippen LogP contribution in [0.1, 0.15) is 19.3 Å². The van der Waals surface area contributed by atoms with Gasteiger partial charge in [0, 0.05) is 19.4 Å². The molecule has 0 aromatic heterocycles. The second-order valence-corrected chi connectivity index (χ2v) is 4.00. The Morgan fingerprint density at radius 3 is 2.93 bits per heavy atom. The summed E-state index contributed by atoms with van der Waals surface area (Å²) < 4.78 is 5.69. The Labute approximate surface area is 89.6 Å². The quantitative estimate of drug-likeness (QED) is 0.428. The Morgan fingerprint density at radius 2 is 2.33 bits per heavy atom. The third-order valence-corrected chi connectivity index (χ3v) is 2.96. The van der Waals surface area contributed by atoms with Gasteiger partial charge >= 0.3 is 0 Å². The molecular weight excluding hydrogens is 194 g/mol. The maximum Gasteiger partial charge on any atom is 0.142 e. The van der Waals surface area contributed by atoms with Crippen molar-refractivity contribution in [2.24, 2.45) is 5.16 Å². The van der Waals surface area contributed by atoms with Crippen LogP contribution in [0.3, 0.4) is 0 Å². The summed E-state index contributed by atoms with van der Waals surface area (Å²) in [4.78, 5) is 3.96. The Hall–Kier alpha value is -1.23. The van der Waals surface area contributed by atoms with Crippen LogP contribution in [0.4, 0.5) is 0 Å². The van der Waals surface area contributed by atoms with Gasteiger partial charge in [-0.15, -0.1) is 0 Å². The highest BCUT2D eigenvalue weighted by atomic mass is 16.5. The average Bonchev–Trinajstić information content (AvgIpc) is 2.48. The van der Waals surface area contributed by atoms with Gasteiger partial charge in [0.15, 0.2) is 0 Å². The maximum atomic E-state index is 8.54. The molecule has 5 nitrogen and oxygen atoms in total. The molecule has 0 amide bonds. The molecule has 1 heterocycles. The van der Waals surface area contributed by atoms with Crippen molar-refractivity contribution >= 4 is 6.21 Å². The highest BCUT2D eigenvalue weighted by Crippen LogP contribution is 2.23. The lowest BCUT2D eigenvalue weighted by Gasteiger charge is -2.31. The van der Waals surface area contributed by atoms with Crippen LogP contribution >= 0.6 is 0 Å². The molecule has 1 atom stereocenters. The molecule has 0 spiro atoms. The second-order valence-electron chi connectivity index (χ2n) is 4.00. The average molecular weight is 211 g/mol. The standard InChI is InChI=1S/C10H17N3O2/c1-12-5-6-13(10(12)7-11-14)8-15-9-3-2-4-9/h5-7,9-10,14H,2-4,8H2,1H3/b11-7-. The van der Waals surface area contributed by atoms with Gasteiger partial charge in [-0.2, -0.15) is 0 Å². The lowest BCUT2D eigenvalue weighted by atomic mass is 9.96. The van der Waals surface area contributed by atoms with Crippen molar-refractivity contribution in [3.63, 3.8) is 0 Å². The topological polar surface area (TPSA) is 48.3 Å². The molecule has 2 rings (SSSR count). The molecule has 0 aromatic carbocycles. The normalized spacial score (nSPS) is 26.6. The van der Waals surface area contributed by atoms with E-state index in [-0.39, 0.29) is 6.17 Å². The smallest absolute Gasteiger partial charge is 0.142 e. The van der Waals surface area contributed by atoms with Crippen molar-refractivity contribution < 1.29 is 9.94 Å². The summed E-state index contributed by atoms with van der Waals surface area (Å²) in [6.07, 6.45) is 9.40. The molecule has 0 saturated heterocycles. The Morgan fingerprint density at radius 1 is 1.53 bits per heavy atom. The van der Waals surface area contributed by atoms with Crippen LogP contribution in [0.5, 0.6) is 0 Å². The molecule has 0 aromatic rings. The highest BCUT2D eigenvalue weighted by Gasteiger charge is 2.24. The van der Waals surface area contributed by atoms with Gasteiger partial charge in [-0.25, -0.2) is 0 Å². The van der Waals surface area contributed by atoms with E-state index in [9.17, 15) is 0 Å². The lowest BCUT2D eigenvalue weighted by Crippen LogP contribution is -2.40. The largest absolute Gasteiger partial charge is 0.411 e. The number of ether oxygens (including phenoxy) is 1. The minimum absolute atomic E-state index is 0.0323. The van der Waals surface area contributed by atoms with Gasteiger partial charge in [0.1, 0.15) is 12.9 Å². The fourth-order valence-electron chi connectivity index (χ4n) is 1.70. The predicted octanol–water partition coefficient (Wildman–Crippen LogP) is 1.02. The lowest BCUT2D eigenvalue weighted by molar-refractivity contribution is -0.0506. The first-order chi connectivity index (χ1) is 7.31. The monoisotopic (exact) mass is 211 g/mol.